The lowest BCUT2D eigenvalue weighted by Gasteiger charge is -2.28. The lowest BCUT2D eigenvalue weighted by molar-refractivity contribution is -0.139. The van der Waals surface area contributed by atoms with Crippen LogP contribution >= 0.6 is 0 Å². The van der Waals surface area contributed by atoms with Crippen molar-refractivity contribution in [1.29, 1.82) is 0 Å². The molecule has 0 fully saturated rings. The predicted octanol–water partition coefficient (Wildman–Crippen LogP) is 3.95. The Kier molecular flexibility index (Phi) is 6.04. The van der Waals surface area contributed by atoms with E-state index in [2.05, 4.69) is 47.1 Å². The predicted molar refractivity (Wildman–Crippen MR) is 117 cm³/mol. The maximum atomic E-state index is 12.8. The third-order valence-electron chi connectivity index (χ3n) is 5.35. The number of ether oxygens (including phenoxy) is 1. The van der Waals surface area contributed by atoms with Gasteiger partial charge in [0, 0.05) is 18.3 Å². The number of carbonyl (C=O) groups excluding carboxylic acids is 2. The fraction of sp³-hybridized carbons (Fsp3) is 0.250. The molecule has 31 heavy (non-hydrogen) atoms. The van der Waals surface area contributed by atoms with Crippen molar-refractivity contribution in [2.45, 2.75) is 25.9 Å². The molecule has 1 aromatic heterocycles. The van der Waals surface area contributed by atoms with Crippen LogP contribution in [0.1, 0.15) is 37.3 Å². The van der Waals surface area contributed by atoms with Crippen molar-refractivity contribution in [3.8, 4) is 0 Å². The SMILES string of the molecule is CCOC(=O)C1=C(CN[C@H](C)c2cccc3ccccc23)NC(=O)N[C@H]1c1ccco1. The average Bonchev–Trinajstić information content (AvgIpc) is 3.31. The summed E-state index contributed by atoms with van der Waals surface area (Å²) in [5.74, 6) is -0.0245. The highest BCUT2D eigenvalue weighted by Crippen LogP contribution is 2.29. The van der Waals surface area contributed by atoms with Gasteiger partial charge in [0.05, 0.1) is 18.4 Å². The van der Waals surface area contributed by atoms with Gasteiger partial charge in [-0.2, -0.15) is 0 Å². The Morgan fingerprint density at radius 3 is 2.74 bits per heavy atom. The summed E-state index contributed by atoms with van der Waals surface area (Å²) in [6.07, 6.45) is 1.51. The van der Waals surface area contributed by atoms with Crippen molar-refractivity contribution >= 4 is 22.8 Å². The summed E-state index contributed by atoms with van der Waals surface area (Å²) in [7, 11) is 0. The molecule has 160 valence electrons. The second kappa shape index (κ2) is 9.06. The van der Waals surface area contributed by atoms with E-state index in [0.717, 1.165) is 16.3 Å². The highest BCUT2D eigenvalue weighted by molar-refractivity contribution is 5.95. The Balaban J connectivity index is 1.64. The first-order valence-electron chi connectivity index (χ1n) is 10.3. The van der Waals surface area contributed by atoms with Gasteiger partial charge in [-0.3, -0.25) is 0 Å². The molecule has 0 saturated carbocycles. The number of carbonyl (C=O) groups is 2. The molecule has 0 unspecified atom stereocenters. The number of fused-ring (bicyclic) bond motifs is 1. The van der Waals surface area contributed by atoms with Crippen molar-refractivity contribution in [2.24, 2.45) is 0 Å². The number of hydrogen-bond donors (Lipinski definition) is 3. The van der Waals surface area contributed by atoms with Gasteiger partial charge in [0.25, 0.3) is 0 Å². The standard InChI is InChI=1S/C24H25N3O4/c1-3-30-23(28)21-19(26-24(29)27-22(21)20-12-7-13-31-20)14-25-15(2)17-11-6-9-16-8-4-5-10-18(16)17/h4-13,15,22,25H,3,14H2,1-2H3,(H2,26,27,29)/t15-,22+/m1/s1. The Morgan fingerprint density at radius 1 is 1.16 bits per heavy atom. The minimum absolute atomic E-state index is 0.0177. The van der Waals surface area contributed by atoms with E-state index < -0.39 is 18.0 Å². The van der Waals surface area contributed by atoms with Crippen molar-refractivity contribution in [3.05, 3.63) is 83.5 Å². The summed E-state index contributed by atoms with van der Waals surface area (Å²) in [6, 6.07) is 16.7. The summed E-state index contributed by atoms with van der Waals surface area (Å²) in [4.78, 5) is 25.1. The maximum absolute atomic E-state index is 12.8. The van der Waals surface area contributed by atoms with Crippen LogP contribution in [0.4, 0.5) is 4.79 Å². The Morgan fingerprint density at radius 2 is 1.97 bits per heavy atom. The first-order valence-corrected chi connectivity index (χ1v) is 10.3. The Labute approximate surface area is 180 Å². The fourth-order valence-corrected chi connectivity index (χ4v) is 3.87. The van der Waals surface area contributed by atoms with Gasteiger partial charge in [-0.05, 0) is 42.3 Å². The third kappa shape index (κ3) is 4.32. The number of benzene rings is 2. The van der Waals surface area contributed by atoms with Gasteiger partial charge in [0.1, 0.15) is 11.8 Å². The van der Waals surface area contributed by atoms with Crippen LogP contribution < -0.4 is 16.0 Å². The summed E-state index contributed by atoms with van der Waals surface area (Å²) in [6.45, 7) is 4.31. The molecule has 2 amide bonds. The lowest BCUT2D eigenvalue weighted by Crippen LogP contribution is -2.48. The molecule has 0 bridgehead atoms. The lowest BCUT2D eigenvalue weighted by atomic mass is 9.98. The van der Waals surface area contributed by atoms with Crippen LogP contribution in [0.15, 0.2) is 76.5 Å². The highest BCUT2D eigenvalue weighted by atomic mass is 16.5. The number of urea groups is 1. The Bertz CT molecular complexity index is 1120. The molecule has 7 heteroatoms. The molecule has 0 spiro atoms. The second-order valence-electron chi connectivity index (χ2n) is 7.33. The van der Waals surface area contributed by atoms with E-state index in [1.807, 2.05) is 18.2 Å². The quantitative estimate of drug-likeness (QED) is 0.504. The summed E-state index contributed by atoms with van der Waals surface area (Å²) >= 11 is 0. The van der Waals surface area contributed by atoms with Crippen molar-refractivity contribution in [3.63, 3.8) is 0 Å². The van der Waals surface area contributed by atoms with E-state index >= 15 is 0 Å². The zero-order valence-electron chi connectivity index (χ0n) is 17.5. The van der Waals surface area contributed by atoms with E-state index in [0.29, 0.717) is 17.0 Å². The second-order valence-corrected chi connectivity index (χ2v) is 7.33. The average molecular weight is 419 g/mol. The molecule has 1 aliphatic heterocycles. The Hall–Kier alpha value is -3.58. The molecule has 0 aliphatic carbocycles. The van der Waals surface area contributed by atoms with Gasteiger partial charge in [0.2, 0.25) is 0 Å². The molecular formula is C24H25N3O4. The molecule has 3 aromatic rings. The first-order chi connectivity index (χ1) is 15.1. The molecular weight excluding hydrogens is 394 g/mol. The molecule has 7 nitrogen and oxygen atoms in total. The summed E-state index contributed by atoms with van der Waals surface area (Å²) < 4.78 is 10.7. The topological polar surface area (TPSA) is 92.6 Å². The molecule has 2 aromatic carbocycles. The van der Waals surface area contributed by atoms with Crippen LogP contribution in [-0.4, -0.2) is 25.2 Å². The van der Waals surface area contributed by atoms with Crippen LogP contribution in [0.5, 0.6) is 0 Å². The van der Waals surface area contributed by atoms with Crippen LogP contribution in [-0.2, 0) is 9.53 Å². The highest BCUT2D eigenvalue weighted by Gasteiger charge is 2.35. The molecule has 4 rings (SSSR count). The van der Waals surface area contributed by atoms with E-state index in [4.69, 9.17) is 9.15 Å². The van der Waals surface area contributed by atoms with Crippen LogP contribution in [0.2, 0.25) is 0 Å². The minimum Gasteiger partial charge on any atom is -0.467 e. The number of hydrogen-bond acceptors (Lipinski definition) is 5. The van der Waals surface area contributed by atoms with Crippen LogP contribution in [0.3, 0.4) is 0 Å². The van der Waals surface area contributed by atoms with Crippen molar-refractivity contribution in [2.75, 3.05) is 13.2 Å². The van der Waals surface area contributed by atoms with Crippen LogP contribution in [0.25, 0.3) is 10.8 Å². The van der Waals surface area contributed by atoms with E-state index in [-0.39, 0.29) is 19.2 Å². The fourth-order valence-electron chi connectivity index (χ4n) is 3.87. The van der Waals surface area contributed by atoms with Gasteiger partial charge in [0.15, 0.2) is 0 Å². The monoisotopic (exact) mass is 419 g/mol. The molecule has 0 saturated heterocycles. The zero-order chi connectivity index (χ0) is 21.8. The van der Waals surface area contributed by atoms with Gasteiger partial charge in [-0.25, -0.2) is 9.59 Å². The van der Waals surface area contributed by atoms with E-state index in [1.54, 1.807) is 19.1 Å². The van der Waals surface area contributed by atoms with Gasteiger partial charge in [-0.15, -0.1) is 0 Å². The number of furan rings is 1. The first kappa shape index (κ1) is 20.7. The molecule has 2 atom stereocenters. The molecule has 0 radical (unpaired) electrons. The number of esters is 1. The van der Waals surface area contributed by atoms with Gasteiger partial charge >= 0.3 is 12.0 Å². The number of nitrogens with one attached hydrogen (secondary N) is 3. The largest absolute Gasteiger partial charge is 0.467 e. The van der Waals surface area contributed by atoms with E-state index in [9.17, 15) is 9.59 Å². The minimum atomic E-state index is -0.715. The van der Waals surface area contributed by atoms with Crippen molar-refractivity contribution < 1.29 is 18.7 Å². The van der Waals surface area contributed by atoms with Gasteiger partial charge in [-0.1, -0.05) is 42.5 Å². The number of rotatable bonds is 7. The third-order valence-corrected chi connectivity index (χ3v) is 5.35. The summed E-state index contributed by atoms with van der Waals surface area (Å²) in [5, 5.41) is 11.3. The molecule has 1 aliphatic rings. The zero-order valence-corrected chi connectivity index (χ0v) is 17.5. The van der Waals surface area contributed by atoms with Gasteiger partial charge < -0.3 is 25.1 Å². The summed E-state index contributed by atoms with van der Waals surface area (Å²) in [5.41, 5.74) is 1.93. The molecule has 3 N–H and O–H groups in total. The van der Waals surface area contributed by atoms with Crippen LogP contribution in [0, 0.1) is 0 Å². The van der Waals surface area contributed by atoms with Crippen molar-refractivity contribution in [1.82, 2.24) is 16.0 Å². The molecule has 2 heterocycles. The number of amides is 2. The maximum Gasteiger partial charge on any atom is 0.338 e. The smallest absolute Gasteiger partial charge is 0.338 e. The normalized spacial score (nSPS) is 17.2. The van der Waals surface area contributed by atoms with E-state index in [1.165, 1.54) is 6.26 Å².